The van der Waals surface area contributed by atoms with Crippen molar-refractivity contribution in [2.45, 2.75) is 32.1 Å². The Bertz CT molecular complexity index is 670. The monoisotopic (exact) mass is 313 g/mol. The van der Waals surface area contributed by atoms with Gasteiger partial charge in [0.15, 0.2) is 0 Å². The summed E-state index contributed by atoms with van der Waals surface area (Å²) in [4.78, 5) is 16.7. The van der Waals surface area contributed by atoms with Crippen LogP contribution in [0.25, 0.3) is 11.3 Å². The van der Waals surface area contributed by atoms with Gasteiger partial charge in [0.2, 0.25) is 11.9 Å². The maximum atomic E-state index is 12.4. The van der Waals surface area contributed by atoms with Crippen LogP contribution in [0.2, 0.25) is 0 Å². The Hall–Kier alpha value is -2.30. The predicted octanol–water partition coefficient (Wildman–Crippen LogP) is 3.61. The van der Waals surface area contributed by atoms with Crippen molar-refractivity contribution in [1.82, 2.24) is 9.55 Å². The van der Waals surface area contributed by atoms with E-state index in [1.165, 1.54) is 6.42 Å². The number of methoxy groups -OCH3 is 1. The van der Waals surface area contributed by atoms with E-state index in [9.17, 15) is 4.79 Å². The molecule has 0 atom stereocenters. The Morgan fingerprint density at radius 2 is 1.91 bits per heavy atom. The number of hydrogen-bond donors (Lipinski definition) is 1. The van der Waals surface area contributed by atoms with Gasteiger partial charge in [-0.25, -0.2) is 4.98 Å². The first kappa shape index (κ1) is 15.6. The molecule has 1 aromatic heterocycles. The molecule has 1 heterocycles. The van der Waals surface area contributed by atoms with Gasteiger partial charge in [-0.3, -0.25) is 10.1 Å². The number of aromatic nitrogens is 2. The highest BCUT2D eigenvalue weighted by atomic mass is 16.5. The molecule has 1 aromatic carbocycles. The Balaban J connectivity index is 1.74. The molecular weight excluding hydrogens is 290 g/mol. The molecule has 1 fully saturated rings. The van der Waals surface area contributed by atoms with E-state index in [0.29, 0.717) is 5.95 Å². The summed E-state index contributed by atoms with van der Waals surface area (Å²) >= 11 is 0. The third kappa shape index (κ3) is 3.38. The van der Waals surface area contributed by atoms with E-state index >= 15 is 0 Å². The third-order valence-corrected chi connectivity index (χ3v) is 4.58. The molecule has 0 saturated heterocycles. The van der Waals surface area contributed by atoms with E-state index < -0.39 is 0 Å². The van der Waals surface area contributed by atoms with E-state index in [2.05, 4.69) is 10.3 Å². The second kappa shape index (κ2) is 6.86. The van der Waals surface area contributed by atoms with Crippen LogP contribution in [0.1, 0.15) is 32.1 Å². The fraction of sp³-hybridized carbons (Fsp3) is 0.444. The van der Waals surface area contributed by atoms with Crippen LogP contribution in [0, 0.1) is 5.92 Å². The summed E-state index contributed by atoms with van der Waals surface area (Å²) in [5, 5.41) is 2.98. The number of anilines is 1. The summed E-state index contributed by atoms with van der Waals surface area (Å²) < 4.78 is 7.10. The lowest BCUT2D eigenvalue weighted by atomic mass is 9.89. The van der Waals surface area contributed by atoms with Gasteiger partial charge in [-0.2, -0.15) is 0 Å². The summed E-state index contributed by atoms with van der Waals surface area (Å²) in [5.74, 6) is 1.65. The average molecular weight is 313 g/mol. The molecule has 1 saturated carbocycles. The first-order valence-electron chi connectivity index (χ1n) is 8.16. The van der Waals surface area contributed by atoms with Crippen LogP contribution in [0.15, 0.2) is 30.5 Å². The minimum absolute atomic E-state index is 0.0969. The zero-order chi connectivity index (χ0) is 16.2. The lowest BCUT2D eigenvalue weighted by Gasteiger charge is -2.20. The first-order chi connectivity index (χ1) is 11.2. The van der Waals surface area contributed by atoms with Crippen molar-refractivity contribution >= 4 is 11.9 Å². The number of imidazole rings is 1. The van der Waals surface area contributed by atoms with Crippen molar-refractivity contribution in [3.8, 4) is 17.0 Å². The minimum Gasteiger partial charge on any atom is -0.497 e. The number of carbonyl (C=O) groups is 1. The molecule has 0 radical (unpaired) electrons. The van der Waals surface area contributed by atoms with Gasteiger partial charge in [0.05, 0.1) is 19.0 Å². The van der Waals surface area contributed by atoms with Crippen LogP contribution < -0.4 is 10.1 Å². The molecule has 0 unspecified atom stereocenters. The minimum atomic E-state index is 0.0969. The molecule has 1 amide bonds. The number of nitrogens with zero attached hydrogens (tertiary/aromatic N) is 2. The predicted molar refractivity (Wildman–Crippen MR) is 90.4 cm³/mol. The highest BCUT2D eigenvalue weighted by molar-refractivity contribution is 5.91. The smallest absolute Gasteiger partial charge is 0.229 e. The van der Waals surface area contributed by atoms with Gasteiger partial charge in [0, 0.05) is 18.5 Å². The number of benzene rings is 1. The van der Waals surface area contributed by atoms with Crippen molar-refractivity contribution in [3.05, 3.63) is 30.5 Å². The van der Waals surface area contributed by atoms with E-state index in [-0.39, 0.29) is 11.8 Å². The van der Waals surface area contributed by atoms with E-state index in [0.717, 1.165) is 42.7 Å². The Morgan fingerprint density at radius 1 is 1.22 bits per heavy atom. The van der Waals surface area contributed by atoms with Gasteiger partial charge in [-0.05, 0) is 37.1 Å². The Kier molecular flexibility index (Phi) is 4.65. The molecule has 1 aliphatic rings. The van der Waals surface area contributed by atoms with E-state index in [1.807, 2.05) is 35.9 Å². The molecule has 2 aromatic rings. The highest BCUT2D eigenvalue weighted by Gasteiger charge is 2.22. The van der Waals surface area contributed by atoms with Gasteiger partial charge in [0.25, 0.3) is 0 Å². The second-order valence-electron chi connectivity index (χ2n) is 6.08. The molecule has 1 aliphatic carbocycles. The number of nitrogens with one attached hydrogen (secondary N) is 1. The van der Waals surface area contributed by atoms with E-state index in [4.69, 9.17) is 4.74 Å². The summed E-state index contributed by atoms with van der Waals surface area (Å²) in [6, 6.07) is 7.82. The average Bonchev–Trinajstić information content (AvgIpc) is 2.96. The zero-order valence-corrected chi connectivity index (χ0v) is 13.7. The van der Waals surface area contributed by atoms with Crippen LogP contribution >= 0.6 is 0 Å². The van der Waals surface area contributed by atoms with Gasteiger partial charge in [0.1, 0.15) is 5.75 Å². The maximum Gasteiger partial charge on any atom is 0.229 e. The molecule has 5 nitrogen and oxygen atoms in total. The number of amides is 1. The molecule has 5 heteroatoms. The van der Waals surface area contributed by atoms with Crippen LogP contribution in [-0.4, -0.2) is 22.6 Å². The molecule has 0 bridgehead atoms. The number of rotatable bonds is 4. The fourth-order valence-electron chi connectivity index (χ4n) is 3.13. The molecule has 0 aliphatic heterocycles. The number of ether oxygens (including phenoxy) is 1. The summed E-state index contributed by atoms with van der Waals surface area (Å²) in [7, 11) is 3.57. The van der Waals surface area contributed by atoms with Gasteiger partial charge >= 0.3 is 0 Å². The third-order valence-electron chi connectivity index (χ3n) is 4.58. The summed E-state index contributed by atoms with van der Waals surface area (Å²) in [6.45, 7) is 0. The standard InChI is InChI=1S/C18H23N3O2/c1-21-16(13-8-10-15(23-2)11-9-13)12-19-18(21)20-17(22)14-6-4-3-5-7-14/h8-12,14H,3-7H2,1-2H3,(H,19,20,22). The van der Waals surface area contributed by atoms with Crippen molar-refractivity contribution in [1.29, 1.82) is 0 Å². The Labute approximate surface area is 136 Å². The van der Waals surface area contributed by atoms with Crippen molar-refractivity contribution in [2.75, 3.05) is 12.4 Å². The lowest BCUT2D eigenvalue weighted by Crippen LogP contribution is -2.26. The van der Waals surface area contributed by atoms with Gasteiger partial charge in [-0.15, -0.1) is 0 Å². The topological polar surface area (TPSA) is 56.1 Å². The number of carbonyl (C=O) groups excluding carboxylic acids is 1. The maximum absolute atomic E-state index is 12.4. The van der Waals surface area contributed by atoms with Crippen LogP contribution in [0.3, 0.4) is 0 Å². The lowest BCUT2D eigenvalue weighted by molar-refractivity contribution is -0.120. The highest BCUT2D eigenvalue weighted by Crippen LogP contribution is 2.27. The van der Waals surface area contributed by atoms with Crippen molar-refractivity contribution < 1.29 is 9.53 Å². The SMILES string of the molecule is COc1ccc(-c2cnc(NC(=O)C3CCCCC3)n2C)cc1. The first-order valence-corrected chi connectivity index (χ1v) is 8.16. The van der Waals surface area contributed by atoms with Crippen molar-refractivity contribution in [3.63, 3.8) is 0 Å². The number of hydrogen-bond acceptors (Lipinski definition) is 3. The molecule has 122 valence electrons. The Morgan fingerprint density at radius 3 is 2.57 bits per heavy atom. The van der Waals surface area contributed by atoms with Crippen LogP contribution in [0.5, 0.6) is 5.75 Å². The van der Waals surface area contributed by atoms with Crippen LogP contribution in [-0.2, 0) is 11.8 Å². The summed E-state index contributed by atoms with van der Waals surface area (Å²) in [6.07, 6.45) is 7.31. The molecule has 23 heavy (non-hydrogen) atoms. The normalized spacial score (nSPS) is 15.4. The quantitative estimate of drug-likeness (QED) is 0.938. The zero-order valence-electron chi connectivity index (χ0n) is 13.7. The van der Waals surface area contributed by atoms with Gasteiger partial charge < -0.3 is 9.30 Å². The molecule has 0 spiro atoms. The van der Waals surface area contributed by atoms with Crippen molar-refractivity contribution in [2.24, 2.45) is 13.0 Å². The second-order valence-corrected chi connectivity index (χ2v) is 6.08. The molecule has 1 N–H and O–H groups in total. The van der Waals surface area contributed by atoms with Gasteiger partial charge in [-0.1, -0.05) is 19.3 Å². The largest absolute Gasteiger partial charge is 0.497 e. The summed E-state index contributed by atoms with van der Waals surface area (Å²) in [5.41, 5.74) is 2.01. The molecule has 3 rings (SSSR count). The fourth-order valence-corrected chi connectivity index (χ4v) is 3.13. The van der Waals surface area contributed by atoms with Crippen LogP contribution in [0.4, 0.5) is 5.95 Å². The molecular formula is C18H23N3O2. The van der Waals surface area contributed by atoms with E-state index in [1.54, 1.807) is 13.3 Å².